The Hall–Kier alpha value is -5.54. The van der Waals surface area contributed by atoms with Gasteiger partial charge in [-0.1, -0.05) is 97.5 Å². The van der Waals surface area contributed by atoms with Crippen molar-refractivity contribution in [1.29, 1.82) is 0 Å². The van der Waals surface area contributed by atoms with E-state index < -0.39 is 54.5 Å². The van der Waals surface area contributed by atoms with Crippen LogP contribution in [-0.4, -0.2) is 105 Å². The fourth-order valence-electron chi connectivity index (χ4n) is 7.10. The molecule has 15 heteroatoms. The lowest BCUT2D eigenvalue weighted by molar-refractivity contribution is -0.146. The standard InChI is InChI=1S/C24H28N2O5.C20H26N2O5S/c1-2-31-24(30)20(14-12-17-8-4-3-5-9-17)25-19-15-13-18-10-6-7-11-21(18)26(23(19)29)16-22(27)28;1-13(12-28-14(2)23)19(25)22-10-6-9-17(22)18(24)21-16(20(26)27)11-15-7-4-3-5-8-15/h3-11,19-20,25H,2,12-16H2,1H3,(H,27,28);3-5,7-8,13,16-17H,6,9-12H2,1-2H3,(H,21,24)(H,26,27)/t19-,20-;13-,16+,17+/m01/s1. The number of rotatable bonds is 17. The van der Waals surface area contributed by atoms with Crippen LogP contribution in [0.4, 0.5) is 5.69 Å². The highest BCUT2D eigenvalue weighted by Gasteiger charge is 2.38. The zero-order valence-electron chi connectivity index (χ0n) is 33.7. The molecule has 1 fully saturated rings. The SMILES string of the molecule is CC(=O)SC[C@@H](C)C(=O)N1CCC[C@H]1C(=O)N[C@@H](Cc1ccccc1)C(=O)O.CCOC(=O)[C@H](CCc1ccccc1)N[C@H]1CCc2ccccc2N(CC(=O)O)C1=O. The summed E-state index contributed by atoms with van der Waals surface area (Å²) in [6.45, 7) is 5.21. The number of likely N-dealkylation sites (tertiary alicyclic amines) is 1. The summed E-state index contributed by atoms with van der Waals surface area (Å²) >= 11 is 1.09. The molecular weight excluding hydrogens is 777 g/mol. The number of benzene rings is 3. The van der Waals surface area contributed by atoms with Crippen LogP contribution in [0, 0.1) is 5.92 Å². The van der Waals surface area contributed by atoms with E-state index in [1.807, 2.05) is 72.8 Å². The summed E-state index contributed by atoms with van der Waals surface area (Å²) in [5.41, 5.74) is 3.42. The van der Waals surface area contributed by atoms with Crippen molar-refractivity contribution in [2.45, 2.75) is 89.9 Å². The molecule has 0 aromatic heterocycles. The molecule has 0 radical (unpaired) electrons. The average molecular weight is 831 g/mol. The van der Waals surface area contributed by atoms with Gasteiger partial charge >= 0.3 is 17.9 Å². The number of anilines is 1. The molecule has 14 nitrogen and oxygen atoms in total. The number of carboxylic acid groups (broad SMARTS) is 2. The van der Waals surface area contributed by atoms with Crippen molar-refractivity contribution in [3.05, 3.63) is 102 Å². The molecule has 4 N–H and O–H groups in total. The molecule has 5 rings (SSSR count). The number of hydrogen-bond acceptors (Lipinski definition) is 10. The zero-order valence-corrected chi connectivity index (χ0v) is 34.5. The summed E-state index contributed by atoms with van der Waals surface area (Å²) in [6, 6.07) is 23.1. The molecule has 3 aromatic carbocycles. The van der Waals surface area contributed by atoms with Gasteiger partial charge in [-0.15, -0.1) is 0 Å². The number of para-hydroxylation sites is 1. The van der Waals surface area contributed by atoms with Gasteiger partial charge in [-0.3, -0.25) is 39.0 Å². The minimum absolute atomic E-state index is 0.0550. The Balaban J connectivity index is 0.000000262. The Morgan fingerprint density at radius 2 is 1.53 bits per heavy atom. The van der Waals surface area contributed by atoms with Gasteiger partial charge in [-0.05, 0) is 68.2 Å². The number of ether oxygens (including phenoxy) is 1. The fraction of sp³-hybridized carbons (Fsp3) is 0.432. The van der Waals surface area contributed by atoms with Crippen molar-refractivity contribution in [1.82, 2.24) is 15.5 Å². The summed E-state index contributed by atoms with van der Waals surface area (Å²) in [6.07, 6.45) is 3.55. The monoisotopic (exact) mass is 830 g/mol. The summed E-state index contributed by atoms with van der Waals surface area (Å²) in [7, 11) is 0. The lowest BCUT2D eigenvalue weighted by Gasteiger charge is -2.27. The molecule has 0 bridgehead atoms. The topological polar surface area (TPSA) is 200 Å². The molecule has 2 aliphatic heterocycles. The number of aliphatic carboxylic acids is 2. The van der Waals surface area contributed by atoms with Gasteiger partial charge < -0.3 is 25.2 Å². The molecule has 0 saturated carbocycles. The third kappa shape index (κ3) is 14.1. The Kier molecular flexibility index (Phi) is 18.1. The van der Waals surface area contributed by atoms with E-state index in [0.29, 0.717) is 56.5 Å². The normalized spacial score (nSPS) is 17.6. The Labute approximate surface area is 349 Å². The van der Waals surface area contributed by atoms with Crippen LogP contribution in [0.2, 0.25) is 0 Å². The van der Waals surface area contributed by atoms with Crippen molar-refractivity contribution < 1.29 is 48.5 Å². The maximum absolute atomic E-state index is 13.3. The van der Waals surface area contributed by atoms with Crippen molar-refractivity contribution in [2.24, 2.45) is 5.92 Å². The highest BCUT2D eigenvalue weighted by atomic mass is 32.2. The molecule has 3 aromatic rings. The van der Waals surface area contributed by atoms with Crippen LogP contribution in [0.5, 0.6) is 0 Å². The predicted molar refractivity (Wildman–Crippen MR) is 224 cm³/mol. The summed E-state index contributed by atoms with van der Waals surface area (Å²) in [5, 5.41) is 24.5. The van der Waals surface area contributed by atoms with Gasteiger partial charge in [0.05, 0.1) is 12.6 Å². The maximum Gasteiger partial charge on any atom is 0.326 e. The van der Waals surface area contributed by atoms with Gasteiger partial charge in [-0.25, -0.2) is 4.79 Å². The second kappa shape index (κ2) is 23.2. The van der Waals surface area contributed by atoms with E-state index in [1.54, 1.807) is 26.0 Å². The van der Waals surface area contributed by atoms with Crippen molar-refractivity contribution in [3.8, 4) is 0 Å². The lowest BCUT2D eigenvalue weighted by atomic mass is 10.0. The van der Waals surface area contributed by atoms with E-state index in [9.17, 15) is 43.8 Å². The number of carbonyl (C=O) groups is 7. The van der Waals surface area contributed by atoms with Crippen LogP contribution < -0.4 is 15.5 Å². The van der Waals surface area contributed by atoms with Crippen molar-refractivity contribution in [2.75, 3.05) is 30.3 Å². The molecule has 0 unspecified atom stereocenters. The van der Waals surface area contributed by atoms with Gasteiger partial charge in [0, 0.05) is 37.2 Å². The second-order valence-electron chi connectivity index (χ2n) is 14.5. The smallest absolute Gasteiger partial charge is 0.326 e. The number of esters is 1. The molecule has 3 amide bonds. The minimum Gasteiger partial charge on any atom is -0.480 e. The molecule has 59 heavy (non-hydrogen) atoms. The van der Waals surface area contributed by atoms with E-state index in [0.717, 1.165) is 28.5 Å². The Morgan fingerprint density at radius 1 is 0.881 bits per heavy atom. The van der Waals surface area contributed by atoms with Crippen LogP contribution in [0.1, 0.15) is 63.1 Å². The third-order valence-electron chi connectivity index (χ3n) is 10.1. The molecule has 0 spiro atoms. The number of aryl methyl sites for hydroxylation is 2. The Morgan fingerprint density at radius 3 is 2.15 bits per heavy atom. The molecule has 1 saturated heterocycles. The number of carbonyl (C=O) groups excluding carboxylic acids is 5. The first kappa shape index (κ1) is 46.2. The van der Waals surface area contributed by atoms with E-state index in [1.165, 1.54) is 16.7 Å². The fourth-order valence-corrected chi connectivity index (χ4v) is 7.72. The number of fused-ring (bicyclic) bond motifs is 1. The molecular formula is C44H54N4O10S. The third-order valence-corrected chi connectivity index (χ3v) is 11.1. The zero-order chi connectivity index (χ0) is 42.9. The van der Waals surface area contributed by atoms with E-state index in [-0.39, 0.29) is 35.9 Å². The summed E-state index contributed by atoms with van der Waals surface area (Å²) in [4.78, 5) is 88.3. The number of nitrogens with zero attached hydrogens (tertiary/aromatic N) is 2. The van der Waals surface area contributed by atoms with Gasteiger partial charge in [0.25, 0.3) is 0 Å². The first-order valence-corrected chi connectivity index (χ1v) is 20.9. The maximum atomic E-state index is 13.3. The predicted octanol–water partition coefficient (Wildman–Crippen LogP) is 4.28. The molecule has 316 valence electrons. The molecule has 2 heterocycles. The first-order valence-electron chi connectivity index (χ1n) is 19.9. The molecule has 5 atom stereocenters. The van der Waals surface area contributed by atoms with E-state index in [4.69, 9.17) is 4.74 Å². The van der Waals surface area contributed by atoms with Crippen LogP contribution in [0.25, 0.3) is 0 Å². The number of thioether (sulfide) groups is 1. The van der Waals surface area contributed by atoms with Gasteiger partial charge in [0.1, 0.15) is 24.7 Å². The number of nitrogens with one attached hydrogen (secondary N) is 2. The quantitative estimate of drug-likeness (QED) is 0.141. The second-order valence-corrected chi connectivity index (χ2v) is 15.7. The summed E-state index contributed by atoms with van der Waals surface area (Å²) in [5.74, 6) is -3.60. The van der Waals surface area contributed by atoms with E-state index >= 15 is 0 Å². The molecule has 0 aliphatic carbocycles. The number of amides is 3. The van der Waals surface area contributed by atoms with Crippen LogP contribution in [0.3, 0.4) is 0 Å². The van der Waals surface area contributed by atoms with Crippen LogP contribution in [-0.2, 0) is 57.6 Å². The summed E-state index contributed by atoms with van der Waals surface area (Å²) < 4.78 is 5.23. The Bertz CT molecular complexity index is 1910. The van der Waals surface area contributed by atoms with Crippen LogP contribution in [0.15, 0.2) is 84.9 Å². The number of hydrogen-bond donors (Lipinski definition) is 4. The lowest BCUT2D eigenvalue weighted by Crippen LogP contribution is -2.53. The largest absolute Gasteiger partial charge is 0.480 e. The number of carboxylic acids is 2. The van der Waals surface area contributed by atoms with Crippen molar-refractivity contribution >= 4 is 58.2 Å². The highest BCUT2D eigenvalue weighted by molar-refractivity contribution is 8.13. The average Bonchev–Trinajstić information content (AvgIpc) is 3.68. The minimum atomic E-state index is -1.11. The van der Waals surface area contributed by atoms with Gasteiger partial charge in [0.15, 0.2) is 5.12 Å². The first-order chi connectivity index (χ1) is 28.3. The van der Waals surface area contributed by atoms with Crippen LogP contribution >= 0.6 is 11.8 Å². The van der Waals surface area contributed by atoms with E-state index in [2.05, 4.69) is 10.6 Å². The molecule has 2 aliphatic rings. The van der Waals surface area contributed by atoms with Gasteiger partial charge in [0.2, 0.25) is 17.7 Å². The van der Waals surface area contributed by atoms with Crippen molar-refractivity contribution in [3.63, 3.8) is 0 Å². The highest BCUT2D eigenvalue weighted by Crippen LogP contribution is 2.27. The van der Waals surface area contributed by atoms with Gasteiger partial charge in [-0.2, -0.15) is 0 Å².